The van der Waals surface area contributed by atoms with Gasteiger partial charge in [-0.05, 0) is 25.1 Å². The third-order valence-electron chi connectivity index (χ3n) is 4.35. The van der Waals surface area contributed by atoms with E-state index in [1.165, 1.54) is 6.07 Å². The monoisotopic (exact) mass is 418 g/mol. The van der Waals surface area contributed by atoms with Crippen LogP contribution in [0.1, 0.15) is 6.92 Å². The van der Waals surface area contributed by atoms with E-state index < -0.39 is 0 Å². The summed E-state index contributed by atoms with van der Waals surface area (Å²) in [7, 11) is 5.46. The number of benzene rings is 1. The largest absolute Gasteiger partial charge is 0.386 e. The summed E-state index contributed by atoms with van der Waals surface area (Å²) in [4.78, 5) is 19.5. The van der Waals surface area contributed by atoms with Crippen LogP contribution in [0.25, 0.3) is 22.0 Å². The molecule has 0 amide bonds. The summed E-state index contributed by atoms with van der Waals surface area (Å²) in [5, 5.41) is 3.67. The van der Waals surface area contributed by atoms with Crippen LogP contribution >= 0.6 is 15.9 Å². The van der Waals surface area contributed by atoms with Crippen molar-refractivity contribution in [3.8, 4) is 11.1 Å². The number of nitrogens with one attached hydrogen (secondary N) is 1. The first-order valence-electron chi connectivity index (χ1n) is 8.25. The molecular formula is C19H20BrFN4O. The second kappa shape index (κ2) is 7.07. The van der Waals surface area contributed by atoms with Gasteiger partial charge in [-0.1, -0.05) is 15.9 Å². The van der Waals surface area contributed by atoms with Crippen LogP contribution in [-0.4, -0.2) is 30.7 Å². The van der Waals surface area contributed by atoms with Gasteiger partial charge in [0.15, 0.2) is 0 Å². The maximum Gasteiger partial charge on any atom is 0.258 e. The van der Waals surface area contributed by atoms with E-state index in [4.69, 9.17) is 0 Å². The maximum absolute atomic E-state index is 14.0. The number of halogens is 2. The van der Waals surface area contributed by atoms with Crippen LogP contribution in [0.5, 0.6) is 0 Å². The molecule has 0 aliphatic rings. The lowest BCUT2D eigenvalue weighted by Crippen LogP contribution is -2.22. The molecule has 0 spiro atoms. The first-order valence-corrected chi connectivity index (χ1v) is 9.04. The predicted octanol–water partition coefficient (Wildman–Crippen LogP) is 4.09. The van der Waals surface area contributed by atoms with Gasteiger partial charge in [-0.25, -0.2) is 9.37 Å². The zero-order valence-electron chi connectivity index (χ0n) is 15.1. The molecule has 3 aromatic rings. The molecule has 2 heterocycles. The minimum atomic E-state index is -0.378. The normalized spacial score (nSPS) is 11.0. The molecule has 3 rings (SSSR count). The van der Waals surface area contributed by atoms with Gasteiger partial charge in [0.25, 0.3) is 5.56 Å². The summed E-state index contributed by atoms with van der Waals surface area (Å²) in [5.41, 5.74) is 2.19. The minimum Gasteiger partial charge on any atom is -0.386 e. The van der Waals surface area contributed by atoms with E-state index in [-0.39, 0.29) is 11.4 Å². The molecule has 0 unspecified atom stereocenters. The van der Waals surface area contributed by atoms with E-state index in [1.54, 1.807) is 23.9 Å². The molecule has 26 heavy (non-hydrogen) atoms. The summed E-state index contributed by atoms with van der Waals surface area (Å²) in [5.74, 6) is 0.407. The van der Waals surface area contributed by atoms with Crippen molar-refractivity contribution < 1.29 is 4.39 Å². The third-order valence-corrected chi connectivity index (χ3v) is 5.01. The highest BCUT2D eigenvalue weighted by Crippen LogP contribution is 2.32. The average molecular weight is 419 g/mol. The number of hydrogen-bond donors (Lipinski definition) is 1. The molecule has 136 valence electrons. The maximum atomic E-state index is 14.0. The van der Waals surface area contributed by atoms with Crippen LogP contribution in [0.4, 0.5) is 15.9 Å². The van der Waals surface area contributed by atoms with Crippen LogP contribution in [0.2, 0.25) is 0 Å². The van der Waals surface area contributed by atoms with Crippen molar-refractivity contribution in [2.75, 3.05) is 31.4 Å². The summed E-state index contributed by atoms with van der Waals surface area (Å²) >= 11 is 3.38. The van der Waals surface area contributed by atoms with Crippen LogP contribution in [-0.2, 0) is 6.54 Å². The number of pyridine rings is 2. The zero-order chi connectivity index (χ0) is 19.0. The fourth-order valence-electron chi connectivity index (χ4n) is 2.96. The molecule has 0 radical (unpaired) electrons. The third kappa shape index (κ3) is 3.07. The Labute approximate surface area is 159 Å². The number of rotatable bonds is 4. The van der Waals surface area contributed by atoms with Gasteiger partial charge in [0, 0.05) is 60.9 Å². The van der Waals surface area contributed by atoms with Crippen molar-refractivity contribution in [3.05, 3.63) is 51.1 Å². The van der Waals surface area contributed by atoms with Gasteiger partial charge >= 0.3 is 0 Å². The van der Waals surface area contributed by atoms with Crippen LogP contribution in [0.3, 0.4) is 0 Å². The van der Waals surface area contributed by atoms with Crippen molar-refractivity contribution in [2.45, 2.75) is 13.5 Å². The molecule has 5 nitrogen and oxygen atoms in total. The van der Waals surface area contributed by atoms with Crippen LogP contribution in [0.15, 0.2) is 39.7 Å². The zero-order valence-corrected chi connectivity index (χ0v) is 16.7. The summed E-state index contributed by atoms with van der Waals surface area (Å²) in [6.07, 6.45) is 1.76. The van der Waals surface area contributed by atoms with E-state index >= 15 is 0 Å². The number of aromatic nitrogens is 2. The Balaban J connectivity index is 2.34. The quantitative estimate of drug-likeness (QED) is 0.692. The second-order valence-electron chi connectivity index (χ2n) is 6.17. The molecule has 7 heteroatoms. The molecule has 0 aliphatic heterocycles. The number of fused-ring (bicyclic) bond motifs is 1. The van der Waals surface area contributed by atoms with Gasteiger partial charge < -0.3 is 14.8 Å². The van der Waals surface area contributed by atoms with Gasteiger partial charge in [-0.2, -0.15) is 0 Å². The first-order chi connectivity index (χ1) is 12.4. The average Bonchev–Trinajstić information content (AvgIpc) is 2.61. The summed E-state index contributed by atoms with van der Waals surface area (Å²) in [6.45, 7) is 2.46. The Morgan fingerprint density at radius 1 is 1.23 bits per heavy atom. The molecule has 0 atom stereocenters. The number of nitrogens with zero attached hydrogens (tertiary/aromatic N) is 3. The SMILES string of the molecule is CCn1c(=O)c(-c2cc(NC)c(F)cc2Br)cc2cnc(N(C)C)cc21. The van der Waals surface area contributed by atoms with Crippen molar-refractivity contribution in [1.29, 1.82) is 0 Å². The number of anilines is 2. The molecule has 2 aromatic heterocycles. The summed E-state index contributed by atoms with van der Waals surface area (Å²) in [6, 6.07) is 6.73. The molecular weight excluding hydrogens is 399 g/mol. The van der Waals surface area contributed by atoms with E-state index in [0.717, 1.165) is 16.7 Å². The van der Waals surface area contributed by atoms with Gasteiger partial charge in [-0.15, -0.1) is 0 Å². The Hall–Kier alpha value is -2.41. The van der Waals surface area contributed by atoms with Gasteiger partial charge in [-0.3, -0.25) is 4.79 Å². The Kier molecular flexibility index (Phi) is 5.00. The highest BCUT2D eigenvalue weighted by atomic mass is 79.9. The molecule has 0 bridgehead atoms. The van der Waals surface area contributed by atoms with Crippen molar-refractivity contribution >= 4 is 38.3 Å². The Morgan fingerprint density at radius 3 is 2.58 bits per heavy atom. The lowest BCUT2D eigenvalue weighted by Gasteiger charge is -2.16. The van der Waals surface area contributed by atoms with Crippen molar-refractivity contribution in [1.82, 2.24) is 9.55 Å². The van der Waals surface area contributed by atoms with Crippen molar-refractivity contribution in [3.63, 3.8) is 0 Å². The second-order valence-corrected chi connectivity index (χ2v) is 7.02. The van der Waals surface area contributed by atoms with Gasteiger partial charge in [0.1, 0.15) is 11.6 Å². The topological polar surface area (TPSA) is 50.2 Å². The molecule has 0 fully saturated rings. The molecule has 0 saturated heterocycles. The Morgan fingerprint density at radius 2 is 1.96 bits per heavy atom. The van der Waals surface area contributed by atoms with Crippen LogP contribution < -0.4 is 15.8 Å². The first kappa shape index (κ1) is 18.4. The molecule has 1 N–H and O–H groups in total. The van der Waals surface area contributed by atoms with Gasteiger partial charge in [0.05, 0.1) is 11.2 Å². The molecule has 0 aliphatic carbocycles. The van der Waals surface area contributed by atoms with E-state index in [2.05, 4.69) is 26.2 Å². The van der Waals surface area contributed by atoms with E-state index in [1.807, 2.05) is 38.1 Å². The lowest BCUT2D eigenvalue weighted by molar-refractivity contribution is 0.630. The van der Waals surface area contributed by atoms with Crippen molar-refractivity contribution in [2.24, 2.45) is 0 Å². The lowest BCUT2D eigenvalue weighted by atomic mass is 10.0. The fraction of sp³-hybridized carbons (Fsp3) is 0.263. The summed E-state index contributed by atoms with van der Waals surface area (Å²) < 4.78 is 16.2. The minimum absolute atomic E-state index is 0.120. The highest BCUT2D eigenvalue weighted by Gasteiger charge is 2.16. The molecule has 0 saturated carbocycles. The van der Waals surface area contributed by atoms with Gasteiger partial charge in [0.2, 0.25) is 0 Å². The fourth-order valence-corrected chi connectivity index (χ4v) is 3.49. The van der Waals surface area contributed by atoms with E-state index in [9.17, 15) is 9.18 Å². The van der Waals surface area contributed by atoms with E-state index in [0.29, 0.717) is 27.8 Å². The van der Waals surface area contributed by atoms with Crippen LogP contribution in [0, 0.1) is 5.82 Å². The number of hydrogen-bond acceptors (Lipinski definition) is 4. The Bertz CT molecular complexity index is 1050. The molecule has 1 aromatic carbocycles. The highest BCUT2D eigenvalue weighted by molar-refractivity contribution is 9.10. The smallest absolute Gasteiger partial charge is 0.258 e. The number of aryl methyl sites for hydroxylation is 1. The standard InChI is InChI=1S/C19H20BrFN4O/c1-5-25-17-9-18(24(3)4)23-10-11(17)6-13(19(25)26)12-7-16(22-2)15(21)8-14(12)20/h6-10,22H,5H2,1-4H3. The predicted molar refractivity (Wildman–Crippen MR) is 109 cm³/mol.